The number of carbonyl (C=O) groups is 1. The molecule has 0 N–H and O–H groups in total. The number of ketones is 1. The fourth-order valence-electron chi connectivity index (χ4n) is 1.19. The Morgan fingerprint density at radius 1 is 1.53 bits per heavy atom. The van der Waals surface area contributed by atoms with E-state index in [1.807, 2.05) is 0 Å². The van der Waals surface area contributed by atoms with Crippen LogP contribution in [0.15, 0.2) is 24.0 Å². The summed E-state index contributed by atoms with van der Waals surface area (Å²) in [6, 6.07) is 3.18. The second-order valence-corrected chi connectivity index (χ2v) is 3.90. The first-order valence-corrected chi connectivity index (χ1v) is 5.33. The second kappa shape index (κ2) is 6.10. The Kier molecular flexibility index (Phi) is 4.78. The molecule has 0 fully saturated rings. The SMILES string of the molecule is CC(=O)CC/C(=C\c1ccc(Cl)nc1)[N+](=O)[O-]. The summed E-state index contributed by atoms with van der Waals surface area (Å²) in [6.07, 6.45) is 3.12. The highest BCUT2D eigenvalue weighted by Crippen LogP contribution is 2.13. The number of aromatic nitrogens is 1. The number of hydrogen-bond donors (Lipinski definition) is 0. The van der Waals surface area contributed by atoms with Gasteiger partial charge in [0.1, 0.15) is 10.9 Å². The van der Waals surface area contributed by atoms with Crippen LogP contribution >= 0.6 is 11.6 Å². The largest absolute Gasteiger partial charge is 0.300 e. The fourth-order valence-corrected chi connectivity index (χ4v) is 1.30. The Morgan fingerprint density at radius 2 is 2.24 bits per heavy atom. The third-order valence-corrected chi connectivity index (χ3v) is 2.27. The summed E-state index contributed by atoms with van der Waals surface area (Å²) in [6.45, 7) is 1.40. The number of allylic oxidation sites excluding steroid dienone is 1. The van der Waals surface area contributed by atoms with Crippen molar-refractivity contribution in [3.05, 3.63) is 44.9 Å². The third-order valence-electron chi connectivity index (χ3n) is 2.05. The van der Waals surface area contributed by atoms with E-state index in [2.05, 4.69) is 4.98 Å². The Hall–Kier alpha value is -1.75. The van der Waals surface area contributed by atoms with Crippen LogP contribution in [-0.4, -0.2) is 15.7 Å². The van der Waals surface area contributed by atoms with Crippen molar-refractivity contribution in [1.82, 2.24) is 4.98 Å². The minimum absolute atomic E-state index is 0.00989. The molecule has 0 atom stereocenters. The molecule has 1 heterocycles. The van der Waals surface area contributed by atoms with Gasteiger partial charge in [0.25, 0.3) is 0 Å². The van der Waals surface area contributed by atoms with E-state index in [9.17, 15) is 14.9 Å². The molecule has 0 spiro atoms. The number of nitro groups is 1. The van der Waals surface area contributed by atoms with Gasteiger partial charge in [-0.2, -0.15) is 0 Å². The molecule has 0 saturated carbocycles. The van der Waals surface area contributed by atoms with Crippen LogP contribution in [-0.2, 0) is 4.79 Å². The van der Waals surface area contributed by atoms with E-state index in [0.29, 0.717) is 10.7 Å². The number of hydrogen-bond acceptors (Lipinski definition) is 4. The predicted octanol–water partition coefficient (Wildman–Crippen LogP) is 2.72. The summed E-state index contributed by atoms with van der Waals surface area (Å²) < 4.78 is 0. The van der Waals surface area contributed by atoms with Crippen LogP contribution in [0.4, 0.5) is 0 Å². The van der Waals surface area contributed by atoms with Crippen LogP contribution in [0.5, 0.6) is 0 Å². The summed E-state index contributed by atoms with van der Waals surface area (Å²) in [4.78, 5) is 24.9. The van der Waals surface area contributed by atoms with E-state index in [4.69, 9.17) is 11.6 Å². The molecule has 0 bridgehead atoms. The monoisotopic (exact) mass is 254 g/mol. The van der Waals surface area contributed by atoms with Crippen molar-refractivity contribution in [2.24, 2.45) is 0 Å². The standard InChI is InChI=1S/C11H11ClN2O3/c1-8(15)2-4-10(14(16)17)6-9-3-5-11(12)13-7-9/h3,5-7H,2,4H2,1H3/b10-6+. The lowest BCUT2D eigenvalue weighted by atomic mass is 10.1. The maximum Gasteiger partial charge on any atom is 0.247 e. The number of Topliss-reactive ketones (excluding diaryl/α,β-unsaturated/α-hetero) is 1. The molecule has 6 heteroatoms. The van der Waals surface area contributed by atoms with Gasteiger partial charge in [-0.05, 0) is 18.6 Å². The minimum Gasteiger partial charge on any atom is -0.300 e. The Balaban J connectivity index is 2.86. The first-order valence-electron chi connectivity index (χ1n) is 4.95. The summed E-state index contributed by atoms with van der Waals surface area (Å²) in [5.41, 5.74) is 0.578. The van der Waals surface area contributed by atoms with E-state index in [1.54, 1.807) is 12.1 Å². The van der Waals surface area contributed by atoms with E-state index in [0.717, 1.165) is 0 Å². The number of carbonyl (C=O) groups excluding carboxylic acids is 1. The second-order valence-electron chi connectivity index (χ2n) is 3.51. The fraction of sp³-hybridized carbons (Fsp3) is 0.273. The summed E-state index contributed by atoms with van der Waals surface area (Å²) in [5.74, 6) is -0.0769. The summed E-state index contributed by atoms with van der Waals surface area (Å²) in [5, 5.41) is 11.1. The van der Waals surface area contributed by atoms with Gasteiger partial charge < -0.3 is 4.79 Å². The van der Waals surface area contributed by atoms with Gasteiger partial charge >= 0.3 is 0 Å². The lowest BCUT2D eigenvalue weighted by molar-refractivity contribution is -0.426. The molecule has 0 radical (unpaired) electrons. The number of halogens is 1. The Labute approximate surface area is 103 Å². The molecule has 0 saturated heterocycles. The molecule has 0 aliphatic carbocycles. The Bertz CT molecular complexity index is 454. The highest BCUT2D eigenvalue weighted by atomic mass is 35.5. The van der Waals surface area contributed by atoms with E-state index >= 15 is 0 Å². The van der Waals surface area contributed by atoms with Crippen molar-refractivity contribution in [3.8, 4) is 0 Å². The molecule has 0 amide bonds. The molecule has 1 aromatic rings. The zero-order chi connectivity index (χ0) is 12.8. The predicted molar refractivity (Wildman–Crippen MR) is 64.1 cm³/mol. The van der Waals surface area contributed by atoms with Gasteiger partial charge in [-0.1, -0.05) is 17.7 Å². The maximum atomic E-state index is 10.8. The van der Waals surface area contributed by atoms with Gasteiger partial charge in [0.05, 0.1) is 4.92 Å². The topological polar surface area (TPSA) is 73.1 Å². The quantitative estimate of drug-likeness (QED) is 0.460. The van der Waals surface area contributed by atoms with E-state index in [1.165, 1.54) is 19.2 Å². The van der Waals surface area contributed by atoms with Crippen molar-refractivity contribution >= 4 is 23.5 Å². The zero-order valence-electron chi connectivity index (χ0n) is 9.22. The van der Waals surface area contributed by atoms with Gasteiger partial charge in [0.2, 0.25) is 5.70 Å². The minimum atomic E-state index is -0.489. The lowest BCUT2D eigenvalue weighted by Gasteiger charge is -1.97. The van der Waals surface area contributed by atoms with E-state index < -0.39 is 4.92 Å². The molecule has 1 aromatic heterocycles. The average Bonchev–Trinajstić information content (AvgIpc) is 2.26. The van der Waals surface area contributed by atoms with Gasteiger partial charge in [-0.3, -0.25) is 10.1 Å². The van der Waals surface area contributed by atoms with Gasteiger partial charge in [-0.25, -0.2) is 4.98 Å². The normalized spacial score (nSPS) is 11.3. The van der Waals surface area contributed by atoms with Crippen LogP contribution in [0.3, 0.4) is 0 Å². The highest BCUT2D eigenvalue weighted by molar-refractivity contribution is 6.29. The molecule has 0 aromatic carbocycles. The molecule has 0 aliphatic heterocycles. The molecule has 5 nitrogen and oxygen atoms in total. The smallest absolute Gasteiger partial charge is 0.247 e. The van der Waals surface area contributed by atoms with Gasteiger partial charge in [0.15, 0.2) is 0 Å². The zero-order valence-corrected chi connectivity index (χ0v) is 9.98. The van der Waals surface area contributed by atoms with Crippen molar-refractivity contribution in [2.75, 3.05) is 0 Å². The lowest BCUT2D eigenvalue weighted by Crippen LogP contribution is -2.01. The van der Waals surface area contributed by atoms with Crippen molar-refractivity contribution in [1.29, 1.82) is 0 Å². The number of nitrogens with zero attached hydrogens (tertiary/aromatic N) is 2. The molecule has 17 heavy (non-hydrogen) atoms. The van der Waals surface area contributed by atoms with Crippen LogP contribution in [0, 0.1) is 10.1 Å². The first-order chi connectivity index (χ1) is 7.99. The van der Waals surface area contributed by atoms with Crippen molar-refractivity contribution in [3.63, 3.8) is 0 Å². The van der Waals surface area contributed by atoms with Crippen LogP contribution in [0.2, 0.25) is 5.15 Å². The van der Waals surface area contributed by atoms with Crippen LogP contribution in [0.1, 0.15) is 25.3 Å². The molecule has 90 valence electrons. The van der Waals surface area contributed by atoms with Crippen LogP contribution < -0.4 is 0 Å². The van der Waals surface area contributed by atoms with Gasteiger partial charge in [0, 0.05) is 25.1 Å². The first kappa shape index (κ1) is 13.3. The molecular weight excluding hydrogens is 244 g/mol. The van der Waals surface area contributed by atoms with Crippen molar-refractivity contribution < 1.29 is 9.72 Å². The van der Waals surface area contributed by atoms with Gasteiger partial charge in [-0.15, -0.1) is 0 Å². The Morgan fingerprint density at radius 3 is 2.71 bits per heavy atom. The highest BCUT2D eigenvalue weighted by Gasteiger charge is 2.11. The molecular formula is C11H11ClN2O3. The summed E-state index contributed by atoms with van der Waals surface area (Å²) >= 11 is 5.60. The number of rotatable bonds is 5. The molecule has 0 aliphatic rings. The average molecular weight is 255 g/mol. The molecule has 0 unspecified atom stereocenters. The molecule has 1 rings (SSSR count). The van der Waals surface area contributed by atoms with Crippen LogP contribution in [0.25, 0.3) is 6.08 Å². The van der Waals surface area contributed by atoms with Crippen molar-refractivity contribution in [2.45, 2.75) is 19.8 Å². The third kappa shape index (κ3) is 4.74. The van der Waals surface area contributed by atoms with E-state index in [-0.39, 0.29) is 24.3 Å². The maximum absolute atomic E-state index is 10.8. The summed E-state index contributed by atoms with van der Waals surface area (Å²) in [7, 11) is 0. The number of pyridine rings is 1.